The van der Waals surface area contributed by atoms with Gasteiger partial charge in [0, 0.05) is 11.5 Å². The summed E-state index contributed by atoms with van der Waals surface area (Å²) in [6.45, 7) is 0. The Balaban J connectivity index is 1.67. The highest BCUT2D eigenvalue weighted by molar-refractivity contribution is 7.18. The summed E-state index contributed by atoms with van der Waals surface area (Å²) in [4.78, 5) is 18.1. The number of rotatable bonds is 4. The summed E-state index contributed by atoms with van der Waals surface area (Å²) in [6, 6.07) is 29.5. The standard InChI is InChI=1S/C24H16N2OS/c25-15-24(23-26-18-13-7-8-14-19(18)28-23)20(16-9-3-1-4-10-16)21(24)22(27)17-11-5-2-6-12-17/h1-14,20-21H/t20-,21+,24-/m1/s1. The van der Waals surface area contributed by atoms with E-state index in [1.54, 1.807) is 0 Å². The van der Waals surface area contributed by atoms with Crippen molar-refractivity contribution in [1.82, 2.24) is 4.98 Å². The van der Waals surface area contributed by atoms with Crippen LogP contribution in [0.1, 0.15) is 26.8 Å². The number of ketones is 1. The molecule has 5 rings (SSSR count). The molecule has 1 aromatic heterocycles. The fraction of sp³-hybridized carbons (Fsp3) is 0.125. The van der Waals surface area contributed by atoms with Crippen LogP contribution in [0.25, 0.3) is 10.2 Å². The minimum Gasteiger partial charge on any atom is -0.294 e. The van der Waals surface area contributed by atoms with Gasteiger partial charge in [-0.3, -0.25) is 4.79 Å². The number of benzene rings is 3. The van der Waals surface area contributed by atoms with Gasteiger partial charge < -0.3 is 0 Å². The lowest BCUT2D eigenvalue weighted by Gasteiger charge is -2.05. The van der Waals surface area contributed by atoms with Gasteiger partial charge in [0.25, 0.3) is 0 Å². The summed E-state index contributed by atoms with van der Waals surface area (Å²) in [5, 5.41) is 11.0. The maximum atomic E-state index is 13.4. The molecule has 0 amide bonds. The van der Waals surface area contributed by atoms with Gasteiger partial charge in [-0.15, -0.1) is 11.3 Å². The van der Waals surface area contributed by atoms with Crippen molar-refractivity contribution >= 4 is 27.3 Å². The van der Waals surface area contributed by atoms with E-state index in [0.29, 0.717) is 5.56 Å². The number of para-hydroxylation sites is 1. The molecule has 1 heterocycles. The van der Waals surface area contributed by atoms with Gasteiger partial charge >= 0.3 is 0 Å². The molecule has 0 bridgehead atoms. The Hall–Kier alpha value is -3.29. The van der Waals surface area contributed by atoms with Crippen LogP contribution in [0.5, 0.6) is 0 Å². The lowest BCUT2D eigenvalue weighted by molar-refractivity contribution is 0.0959. The van der Waals surface area contributed by atoms with Crippen LogP contribution in [-0.4, -0.2) is 10.8 Å². The van der Waals surface area contributed by atoms with Crippen LogP contribution in [-0.2, 0) is 5.41 Å². The van der Waals surface area contributed by atoms with Crippen molar-refractivity contribution in [1.29, 1.82) is 5.26 Å². The van der Waals surface area contributed by atoms with Gasteiger partial charge in [0.2, 0.25) is 0 Å². The van der Waals surface area contributed by atoms with Crippen molar-refractivity contribution < 1.29 is 4.79 Å². The average Bonchev–Trinajstić information content (AvgIpc) is 3.26. The predicted octanol–water partition coefficient (Wildman–Crippen LogP) is 5.35. The Morgan fingerprint density at radius 2 is 1.57 bits per heavy atom. The molecule has 0 saturated heterocycles. The highest BCUT2D eigenvalue weighted by Crippen LogP contribution is 2.67. The topological polar surface area (TPSA) is 53.8 Å². The van der Waals surface area contributed by atoms with E-state index in [1.165, 1.54) is 11.3 Å². The summed E-state index contributed by atoms with van der Waals surface area (Å²) in [7, 11) is 0. The zero-order valence-corrected chi connectivity index (χ0v) is 15.8. The van der Waals surface area contributed by atoms with E-state index >= 15 is 0 Å². The molecule has 134 valence electrons. The lowest BCUT2D eigenvalue weighted by atomic mass is 9.99. The fourth-order valence-corrected chi connectivity index (χ4v) is 5.33. The van der Waals surface area contributed by atoms with Crippen molar-refractivity contribution in [3.8, 4) is 6.07 Å². The molecule has 0 N–H and O–H groups in total. The molecule has 4 aromatic rings. The zero-order valence-electron chi connectivity index (χ0n) is 14.9. The number of Topliss-reactive ketones (excluding diaryl/α,β-unsaturated/α-hetero) is 1. The molecule has 4 heteroatoms. The maximum Gasteiger partial charge on any atom is 0.168 e. The van der Waals surface area contributed by atoms with Crippen LogP contribution in [0.15, 0.2) is 84.9 Å². The van der Waals surface area contributed by atoms with Crippen LogP contribution < -0.4 is 0 Å². The second kappa shape index (κ2) is 6.40. The van der Waals surface area contributed by atoms with Crippen LogP contribution in [0.4, 0.5) is 0 Å². The second-order valence-electron chi connectivity index (χ2n) is 7.06. The van der Waals surface area contributed by atoms with E-state index in [1.807, 2.05) is 84.9 Å². The number of carbonyl (C=O) groups excluding carboxylic acids is 1. The summed E-state index contributed by atoms with van der Waals surface area (Å²) in [6.07, 6.45) is 0. The molecule has 3 aromatic carbocycles. The molecular weight excluding hydrogens is 364 g/mol. The Morgan fingerprint density at radius 3 is 2.25 bits per heavy atom. The first kappa shape index (κ1) is 16.9. The van der Waals surface area contributed by atoms with E-state index in [-0.39, 0.29) is 11.7 Å². The largest absolute Gasteiger partial charge is 0.294 e. The molecule has 1 aliphatic rings. The Bertz CT molecular complexity index is 1180. The number of aromatic nitrogens is 1. The van der Waals surface area contributed by atoms with Gasteiger partial charge in [-0.05, 0) is 17.7 Å². The van der Waals surface area contributed by atoms with Gasteiger partial charge in [0.1, 0.15) is 10.4 Å². The first-order valence-electron chi connectivity index (χ1n) is 9.17. The number of fused-ring (bicyclic) bond motifs is 1. The van der Waals surface area contributed by atoms with Gasteiger partial charge in [-0.1, -0.05) is 72.8 Å². The third-order valence-corrected chi connectivity index (χ3v) is 6.73. The Kier molecular flexibility index (Phi) is 3.85. The van der Waals surface area contributed by atoms with Crippen molar-refractivity contribution in [3.63, 3.8) is 0 Å². The second-order valence-corrected chi connectivity index (χ2v) is 8.09. The molecule has 1 aliphatic carbocycles. The van der Waals surface area contributed by atoms with E-state index in [4.69, 9.17) is 4.98 Å². The molecule has 1 saturated carbocycles. The molecule has 28 heavy (non-hydrogen) atoms. The summed E-state index contributed by atoms with van der Waals surface area (Å²) < 4.78 is 1.04. The first-order valence-corrected chi connectivity index (χ1v) is 9.99. The van der Waals surface area contributed by atoms with E-state index in [9.17, 15) is 10.1 Å². The monoisotopic (exact) mass is 380 g/mol. The number of thiazole rings is 1. The molecule has 0 spiro atoms. The first-order chi connectivity index (χ1) is 13.8. The third-order valence-electron chi connectivity index (χ3n) is 5.54. The highest BCUT2D eigenvalue weighted by atomic mass is 32.1. The Morgan fingerprint density at radius 1 is 0.929 bits per heavy atom. The van der Waals surface area contributed by atoms with Crippen molar-refractivity contribution in [2.75, 3.05) is 0 Å². The van der Waals surface area contributed by atoms with Gasteiger partial charge in [-0.25, -0.2) is 4.98 Å². The van der Waals surface area contributed by atoms with Crippen molar-refractivity contribution in [3.05, 3.63) is 101 Å². The van der Waals surface area contributed by atoms with Crippen LogP contribution in [0, 0.1) is 17.2 Å². The quantitative estimate of drug-likeness (QED) is 0.448. The third kappa shape index (κ3) is 2.41. The summed E-state index contributed by atoms with van der Waals surface area (Å²) in [5.41, 5.74) is 1.61. The van der Waals surface area contributed by atoms with E-state index < -0.39 is 11.3 Å². The minimum absolute atomic E-state index is 0.00950. The number of nitriles is 1. The molecule has 1 fully saturated rings. The normalized spacial score (nSPS) is 23.2. The molecule has 0 aliphatic heterocycles. The molecule has 3 nitrogen and oxygen atoms in total. The SMILES string of the molecule is N#C[C@]1(c2nc3ccccc3s2)[C@H](C(=O)c2ccccc2)[C@H]1c1ccccc1. The lowest BCUT2D eigenvalue weighted by Crippen LogP contribution is -2.13. The maximum absolute atomic E-state index is 13.4. The highest BCUT2D eigenvalue weighted by Gasteiger charge is 2.72. The van der Waals surface area contributed by atoms with Crippen LogP contribution in [0.2, 0.25) is 0 Å². The van der Waals surface area contributed by atoms with E-state index in [0.717, 1.165) is 20.8 Å². The zero-order chi connectivity index (χ0) is 19.1. The smallest absolute Gasteiger partial charge is 0.168 e. The molecule has 0 unspecified atom stereocenters. The number of hydrogen-bond donors (Lipinski definition) is 0. The number of nitrogens with zero attached hydrogens (tertiary/aromatic N) is 2. The Labute approximate surface area is 166 Å². The average molecular weight is 380 g/mol. The summed E-state index contributed by atoms with van der Waals surface area (Å²) >= 11 is 1.52. The number of carbonyl (C=O) groups is 1. The van der Waals surface area contributed by atoms with E-state index in [2.05, 4.69) is 6.07 Å². The predicted molar refractivity (Wildman–Crippen MR) is 110 cm³/mol. The van der Waals surface area contributed by atoms with Gasteiger partial charge in [-0.2, -0.15) is 5.26 Å². The van der Waals surface area contributed by atoms with Gasteiger partial charge in [0.15, 0.2) is 5.78 Å². The summed E-state index contributed by atoms with van der Waals surface area (Å²) in [5.74, 6) is -0.606. The molecular formula is C24H16N2OS. The molecule has 0 radical (unpaired) electrons. The van der Waals surface area contributed by atoms with Crippen molar-refractivity contribution in [2.24, 2.45) is 5.92 Å². The van der Waals surface area contributed by atoms with Crippen molar-refractivity contribution in [2.45, 2.75) is 11.3 Å². The molecule has 3 atom stereocenters. The fourth-order valence-electron chi connectivity index (χ4n) is 4.15. The number of hydrogen-bond acceptors (Lipinski definition) is 4. The van der Waals surface area contributed by atoms with Crippen LogP contribution >= 0.6 is 11.3 Å². The van der Waals surface area contributed by atoms with Crippen LogP contribution in [0.3, 0.4) is 0 Å². The van der Waals surface area contributed by atoms with Gasteiger partial charge in [0.05, 0.1) is 22.2 Å². The minimum atomic E-state index is -0.919.